The molecule has 2 nitrogen and oxygen atoms in total. The van der Waals surface area contributed by atoms with Crippen LogP contribution in [0.1, 0.15) is 6.42 Å². The van der Waals surface area contributed by atoms with Crippen molar-refractivity contribution >= 4 is 35.4 Å². The molecule has 0 aromatic heterocycles. The SMILES string of the molecule is FC(F)C1=CC2=C(N[B]N=C2)C(SCl)C1. The second kappa shape index (κ2) is 4.57. The molecule has 0 bridgehead atoms. The molecule has 0 spiro atoms. The molecule has 0 saturated carbocycles. The van der Waals surface area contributed by atoms with Gasteiger partial charge in [0.25, 0.3) is 6.43 Å². The molecule has 0 fully saturated rings. The van der Waals surface area contributed by atoms with Crippen molar-refractivity contribution in [2.24, 2.45) is 4.90 Å². The fraction of sp³-hybridized carbons (Fsp3) is 0.375. The zero-order valence-corrected chi connectivity index (χ0v) is 9.16. The Morgan fingerprint density at radius 1 is 1.67 bits per heavy atom. The van der Waals surface area contributed by atoms with Crippen LogP contribution in [-0.4, -0.2) is 25.4 Å². The van der Waals surface area contributed by atoms with Crippen LogP contribution in [0.3, 0.4) is 0 Å². The lowest BCUT2D eigenvalue weighted by Gasteiger charge is -2.27. The molecular formula is C8H7BClF2N2S. The third-order valence-corrected chi connectivity index (χ3v) is 3.55. The maximum atomic E-state index is 12.6. The maximum absolute atomic E-state index is 12.6. The molecule has 1 unspecified atom stereocenters. The van der Waals surface area contributed by atoms with Crippen molar-refractivity contribution in [2.75, 3.05) is 0 Å². The highest BCUT2D eigenvalue weighted by Crippen LogP contribution is 2.35. The monoisotopic (exact) mass is 247 g/mol. The standard InChI is InChI=1S/C8H7BClF2N2S/c10-15-6-2-4(8(11)12)1-5-3-13-9-14-7(5)6/h1,3,6,8,14H,2H2. The van der Waals surface area contributed by atoms with Crippen LogP contribution in [0.4, 0.5) is 8.78 Å². The van der Waals surface area contributed by atoms with E-state index in [1.165, 1.54) is 13.6 Å². The van der Waals surface area contributed by atoms with Crippen LogP contribution in [0, 0.1) is 0 Å². The molecular weight excluding hydrogens is 240 g/mol. The van der Waals surface area contributed by atoms with E-state index < -0.39 is 6.43 Å². The van der Waals surface area contributed by atoms with E-state index in [1.807, 2.05) is 0 Å². The predicted molar refractivity (Wildman–Crippen MR) is 60.3 cm³/mol. The number of allylic oxidation sites excluding steroid dienone is 3. The van der Waals surface area contributed by atoms with Gasteiger partial charge in [-0.2, -0.15) is 0 Å². The normalized spacial score (nSPS) is 24.5. The van der Waals surface area contributed by atoms with Crippen LogP contribution in [0.5, 0.6) is 0 Å². The van der Waals surface area contributed by atoms with Gasteiger partial charge in [-0.3, -0.25) is 0 Å². The summed E-state index contributed by atoms with van der Waals surface area (Å²) in [6.07, 6.45) is 0.893. The largest absolute Gasteiger partial charge is 0.413 e. The summed E-state index contributed by atoms with van der Waals surface area (Å²) in [7, 11) is 8.26. The minimum Gasteiger partial charge on any atom is -0.413 e. The van der Waals surface area contributed by atoms with Gasteiger partial charge in [-0.15, -0.1) is 0 Å². The molecule has 1 atom stereocenters. The minimum absolute atomic E-state index is 0.113. The van der Waals surface area contributed by atoms with Crippen LogP contribution in [-0.2, 0) is 0 Å². The molecule has 2 aliphatic rings. The molecule has 1 N–H and O–H groups in total. The Hall–Kier alpha value is -0.485. The Balaban J connectivity index is 2.33. The third-order valence-electron chi connectivity index (χ3n) is 2.29. The average molecular weight is 247 g/mol. The Kier molecular flexibility index (Phi) is 3.36. The van der Waals surface area contributed by atoms with E-state index in [0.717, 1.165) is 16.7 Å². The fourth-order valence-corrected chi connectivity index (χ4v) is 2.58. The fourth-order valence-electron chi connectivity index (χ4n) is 1.57. The first-order chi connectivity index (χ1) is 7.22. The van der Waals surface area contributed by atoms with E-state index >= 15 is 0 Å². The number of hydrogen-bond donors (Lipinski definition) is 1. The van der Waals surface area contributed by atoms with Crippen molar-refractivity contribution in [1.29, 1.82) is 0 Å². The van der Waals surface area contributed by atoms with Crippen LogP contribution < -0.4 is 5.23 Å². The maximum Gasteiger partial charge on any atom is 0.408 e. The molecule has 0 aromatic rings. The lowest BCUT2D eigenvalue weighted by Crippen LogP contribution is -2.32. The summed E-state index contributed by atoms with van der Waals surface area (Å²) in [6, 6.07) is 0. The van der Waals surface area contributed by atoms with E-state index in [4.69, 9.17) is 10.7 Å². The Labute approximate surface area is 95.6 Å². The second-order valence-corrected chi connectivity index (χ2v) is 4.50. The first-order valence-electron chi connectivity index (χ1n) is 4.34. The van der Waals surface area contributed by atoms with Crippen LogP contribution in [0.15, 0.2) is 27.8 Å². The average Bonchev–Trinajstić information content (AvgIpc) is 2.27. The third kappa shape index (κ3) is 2.20. The summed E-state index contributed by atoms with van der Waals surface area (Å²) >= 11 is 0. The number of nitrogens with one attached hydrogen (secondary N) is 1. The van der Waals surface area contributed by atoms with Gasteiger partial charge >= 0.3 is 7.55 Å². The lowest BCUT2D eigenvalue weighted by atomic mass is 9.92. The van der Waals surface area contributed by atoms with Crippen molar-refractivity contribution in [1.82, 2.24) is 5.23 Å². The zero-order valence-electron chi connectivity index (χ0n) is 7.58. The number of hydrogen-bond acceptors (Lipinski definition) is 3. The highest BCUT2D eigenvalue weighted by molar-refractivity contribution is 8.21. The molecule has 15 heavy (non-hydrogen) atoms. The summed E-state index contributed by atoms with van der Waals surface area (Å²) in [6.45, 7) is 0. The van der Waals surface area contributed by atoms with Gasteiger partial charge in [0.05, 0.1) is 5.25 Å². The van der Waals surface area contributed by atoms with Gasteiger partial charge in [0.15, 0.2) is 0 Å². The zero-order chi connectivity index (χ0) is 10.8. The number of alkyl halides is 2. The molecule has 79 valence electrons. The highest BCUT2D eigenvalue weighted by atomic mass is 35.7. The lowest BCUT2D eigenvalue weighted by molar-refractivity contribution is 0.185. The summed E-state index contributed by atoms with van der Waals surface area (Å²) in [5.74, 6) is 0. The highest BCUT2D eigenvalue weighted by Gasteiger charge is 2.28. The van der Waals surface area contributed by atoms with Gasteiger partial charge in [-0.05, 0) is 39.7 Å². The van der Waals surface area contributed by atoms with Gasteiger partial charge in [0.2, 0.25) is 0 Å². The van der Waals surface area contributed by atoms with Crippen molar-refractivity contribution in [3.63, 3.8) is 0 Å². The van der Waals surface area contributed by atoms with Gasteiger partial charge in [-0.1, -0.05) is 0 Å². The minimum atomic E-state index is -2.43. The van der Waals surface area contributed by atoms with Crippen LogP contribution in [0.25, 0.3) is 0 Å². The summed E-state index contributed by atoms with van der Waals surface area (Å²) in [4.78, 5) is 3.86. The number of rotatable bonds is 2. The van der Waals surface area contributed by atoms with Crippen molar-refractivity contribution in [3.8, 4) is 0 Å². The Morgan fingerprint density at radius 2 is 2.47 bits per heavy atom. The Morgan fingerprint density at radius 3 is 3.13 bits per heavy atom. The van der Waals surface area contributed by atoms with Crippen molar-refractivity contribution in [2.45, 2.75) is 18.1 Å². The molecule has 1 aliphatic carbocycles. The van der Waals surface area contributed by atoms with Crippen molar-refractivity contribution in [3.05, 3.63) is 22.9 Å². The number of halogens is 3. The first kappa shape index (κ1) is 11.0. The quantitative estimate of drug-likeness (QED) is 0.757. The molecule has 1 aliphatic heterocycles. The Bertz CT molecular complexity index is 357. The molecule has 0 aromatic carbocycles. The predicted octanol–water partition coefficient (Wildman–Crippen LogP) is 2.30. The molecule has 1 heterocycles. The van der Waals surface area contributed by atoms with E-state index in [0.29, 0.717) is 5.57 Å². The summed E-state index contributed by atoms with van der Waals surface area (Å²) < 4.78 is 25.1. The number of nitrogens with zero attached hydrogens (tertiary/aromatic N) is 1. The topological polar surface area (TPSA) is 24.4 Å². The van der Waals surface area contributed by atoms with Gasteiger partial charge in [-0.25, -0.2) is 8.78 Å². The van der Waals surface area contributed by atoms with E-state index in [-0.39, 0.29) is 17.2 Å². The van der Waals surface area contributed by atoms with Gasteiger partial charge < -0.3 is 10.1 Å². The molecule has 2 rings (SSSR count). The molecule has 1 radical (unpaired) electrons. The van der Waals surface area contributed by atoms with Crippen LogP contribution in [0.2, 0.25) is 0 Å². The molecule has 7 heteroatoms. The van der Waals surface area contributed by atoms with Gasteiger partial charge in [0, 0.05) is 17.5 Å². The van der Waals surface area contributed by atoms with E-state index in [2.05, 4.69) is 10.1 Å². The molecule has 0 amide bonds. The first-order valence-corrected chi connectivity index (χ1v) is 6.04. The van der Waals surface area contributed by atoms with Crippen molar-refractivity contribution < 1.29 is 8.78 Å². The molecule has 0 saturated heterocycles. The van der Waals surface area contributed by atoms with E-state index in [9.17, 15) is 8.78 Å². The van der Waals surface area contributed by atoms with Crippen LogP contribution >= 0.6 is 21.7 Å². The second-order valence-electron chi connectivity index (χ2n) is 3.22. The smallest absolute Gasteiger partial charge is 0.408 e. The summed E-state index contributed by atoms with van der Waals surface area (Å²) in [5, 5.41) is 2.79. The van der Waals surface area contributed by atoms with Gasteiger partial charge in [0.1, 0.15) is 0 Å². The summed E-state index contributed by atoms with van der Waals surface area (Å²) in [5.41, 5.74) is 1.66. The van der Waals surface area contributed by atoms with E-state index in [1.54, 1.807) is 6.21 Å².